The van der Waals surface area contributed by atoms with E-state index in [2.05, 4.69) is 4.74 Å². The van der Waals surface area contributed by atoms with Gasteiger partial charge in [0.2, 0.25) is 15.9 Å². The first-order valence-corrected chi connectivity index (χ1v) is 13.0. The molecule has 0 N–H and O–H groups in total. The molecule has 8 nitrogen and oxygen atoms in total. The summed E-state index contributed by atoms with van der Waals surface area (Å²) >= 11 is 12.2. The Morgan fingerprint density at radius 2 is 1.70 bits per heavy atom. The number of nitrogens with zero attached hydrogens (tertiary/aromatic N) is 2. The number of esters is 1. The van der Waals surface area contributed by atoms with Crippen LogP contribution in [0, 0.1) is 5.82 Å². The Labute approximate surface area is 222 Å². The number of anilines is 1. The number of sulfonamides is 1. The first kappa shape index (κ1) is 26.7. The van der Waals surface area contributed by atoms with Crippen LogP contribution < -0.4 is 4.90 Å². The molecule has 192 valence electrons. The number of hydrogen-bond acceptors (Lipinski definition) is 6. The van der Waals surface area contributed by atoms with Crippen molar-refractivity contribution in [3.05, 3.63) is 93.7 Å². The topological polar surface area (TPSA) is 101 Å². The van der Waals surface area contributed by atoms with Crippen LogP contribution in [0.4, 0.5) is 10.1 Å². The van der Waals surface area contributed by atoms with Gasteiger partial charge in [-0.25, -0.2) is 22.5 Å². The zero-order chi connectivity index (χ0) is 26.9. The highest BCUT2D eigenvalue weighted by Gasteiger charge is 2.47. The Balaban J connectivity index is 1.75. The van der Waals surface area contributed by atoms with Gasteiger partial charge in [-0.05, 0) is 60.2 Å². The lowest BCUT2D eigenvalue weighted by atomic mass is 10.2. The normalized spacial score (nSPS) is 15.9. The van der Waals surface area contributed by atoms with Crippen LogP contribution in [0.1, 0.15) is 22.3 Å². The molecule has 1 saturated heterocycles. The highest BCUT2D eigenvalue weighted by molar-refractivity contribution is 7.89. The fraction of sp³-hybridized carbons (Fsp3) is 0.160. The number of imide groups is 1. The Morgan fingerprint density at radius 1 is 1.05 bits per heavy atom. The second-order valence-electron chi connectivity index (χ2n) is 8.08. The van der Waals surface area contributed by atoms with Crippen LogP contribution in [0.5, 0.6) is 0 Å². The lowest BCUT2D eigenvalue weighted by Gasteiger charge is -2.27. The third-order valence-electron chi connectivity index (χ3n) is 5.75. The molecule has 0 spiro atoms. The Kier molecular flexibility index (Phi) is 7.65. The van der Waals surface area contributed by atoms with Gasteiger partial charge in [-0.3, -0.25) is 9.59 Å². The van der Waals surface area contributed by atoms with Crippen molar-refractivity contribution in [2.24, 2.45) is 0 Å². The van der Waals surface area contributed by atoms with Crippen molar-refractivity contribution in [3.8, 4) is 0 Å². The summed E-state index contributed by atoms with van der Waals surface area (Å²) in [5.41, 5.74) is 0.743. The van der Waals surface area contributed by atoms with Crippen molar-refractivity contribution in [1.82, 2.24) is 4.31 Å². The fourth-order valence-electron chi connectivity index (χ4n) is 3.91. The van der Waals surface area contributed by atoms with Gasteiger partial charge in [-0.1, -0.05) is 35.3 Å². The third-order valence-corrected chi connectivity index (χ3v) is 8.32. The number of methoxy groups -OCH3 is 1. The van der Waals surface area contributed by atoms with Gasteiger partial charge in [0, 0.05) is 11.6 Å². The van der Waals surface area contributed by atoms with Crippen LogP contribution in [0.15, 0.2) is 71.6 Å². The number of rotatable bonds is 7. The largest absolute Gasteiger partial charge is 0.465 e. The van der Waals surface area contributed by atoms with Gasteiger partial charge in [-0.15, -0.1) is 0 Å². The van der Waals surface area contributed by atoms with Crippen LogP contribution in [-0.4, -0.2) is 43.7 Å². The summed E-state index contributed by atoms with van der Waals surface area (Å²) in [4.78, 5) is 38.7. The molecule has 0 aromatic heterocycles. The maximum Gasteiger partial charge on any atom is 0.337 e. The number of carbonyl (C=O) groups is 3. The maximum absolute atomic E-state index is 13.8. The summed E-state index contributed by atoms with van der Waals surface area (Å²) in [5.74, 6) is -2.56. The smallest absolute Gasteiger partial charge is 0.337 e. The molecule has 1 unspecified atom stereocenters. The van der Waals surface area contributed by atoms with Gasteiger partial charge in [0.25, 0.3) is 5.91 Å². The minimum Gasteiger partial charge on any atom is -0.465 e. The minimum atomic E-state index is -4.47. The zero-order valence-electron chi connectivity index (χ0n) is 19.2. The first-order chi connectivity index (χ1) is 17.5. The average Bonchev–Trinajstić information content (AvgIpc) is 3.17. The number of hydrogen-bond donors (Lipinski definition) is 0. The lowest BCUT2D eigenvalue weighted by molar-refractivity contribution is -0.122. The number of halogens is 3. The van der Waals surface area contributed by atoms with E-state index in [0.29, 0.717) is 5.56 Å². The van der Waals surface area contributed by atoms with Gasteiger partial charge in [0.1, 0.15) is 16.8 Å². The van der Waals surface area contributed by atoms with E-state index in [4.69, 9.17) is 23.2 Å². The Morgan fingerprint density at radius 3 is 2.32 bits per heavy atom. The maximum atomic E-state index is 13.8. The van der Waals surface area contributed by atoms with Crippen LogP contribution in [-0.2, 0) is 30.9 Å². The van der Waals surface area contributed by atoms with E-state index in [1.165, 1.54) is 55.6 Å². The molecule has 1 aliphatic heterocycles. The van der Waals surface area contributed by atoms with E-state index in [-0.39, 0.29) is 32.7 Å². The van der Waals surface area contributed by atoms with Gasteiger partial charge in [0.15, 0.2) is 0 Å². The molecule has 0 saturated carbocycles. The highest BCUT2D eigenvalue weighted by Crippen LogP contribution is 2.34. The minimum absolute atomic E-state index is 0.103. The first-order valence-electron chi connectivity index (χ1n) is 10.8. The molecule has 1 atom stereocenters. The summed E-state index contributed by atoms with van der Waals surface area (Å²) < 4.78 is 46.6. The molecule has 0 bridgehead atoms. The predicted octanol–water partition coefficient (Wildman–Crippen LogP) is 4.44. The number of benzene rings is 3. The highest BCUT2D eigenvalue weighted by atomic mass is 35.5. The van der Waals surface area contributed by atoms with Crippen LogP contribution in [0.3, 0.4) is 0 Å². The molecule has 1 heterocycles. The number of carbonyl (C=O) groups excluding carboxylic acids is 3. The molecule has 1 aliphatic rings. The molecule has 12 heteroatoms. The fourth-order valence-corrected chi connectivity index (χ4v) is 6.22. The number of amides is 2. The summed E-state index contributed by atoms with van der Waals surface area (Å²) in [6.07, 6.45) is -0.448. The third kappa shape index (κ3) is 5.37. The molecule has 0 radical (unpaired) electrons. The van der Waals surface area contributed by atoms with Gasteiger partial charge in [0.05, 0.1) is 29.8 Å². The quantitative estimate of drug-likeness (QED) is 0.310. The standard InChI is InChI=1S/C25H19Cl2FN2O6S/c1-36-25(33)16-4-9-19(10-5-16)30-23(31)13-21(24(30)32)29(14-15-2-7-18(28)8-3-15)37(34,35)22-12-17(26)6-11-20(22)27/h2-12,21H,13-14H2,1H3. The molecule has 3 aromatic rings. The molecular formula is C25H19Cl2FN2O6S. The molecule has 3 aromatic carbocycles. The van der Waals surface area contributed by atoms with E-state index in [0.717, 1.165) is 27.4 Å². The van der Waals surface area contributed by atoms with Gasteiger partial charge < -0.3 is 4.74 Å². The second-order valence-corrected chi connectivity index (χ2v) is 10.8. The lowest BCUT2D eigenvalue weighted by Crippen LogP contribution is -2.45. The Hall–Kier alpha value is -3.31. The monoisotopic (exact) mass is 564 g/mol. The van der Waals surface area contributed by atoms with E-state index in [9.17, 15) is 27.2 Å². The predicted molar refractivity (Wildman–Crippen MR) is 134 cm³/mol. The summed E-state index contributed by atoms with van der Waals surface area (Å²) in [6, 6.07) is 13.1. The molecule has 4 rings (SSSR count). The van der Waals surface area contributed by atoms with Crippen molar-refractivity contribution in [2.45, 2.75) is 23.9 Å². The number of ether oxygens (including phenoxy) is 1. The van der Waals surface area contributed by atoms with Crippen molar-refractivity contribution in [1.29, 1.82) is 0 Å². The van der Waals surface area contributed by atoms with Crippen molar-refractivity contribution < 1.29 is 31.9 Å². The molecule has 37 heavy (non-hydrogen) atoms. The van der Waals surface area contributed by atoms with E-state index < -0.39 is 46.1 Å². The molecule has 0 aliphatic carbocycles. The van der Waals surface area contributed by atoms with E-state index in [1.54, 1.807) is 0 Å². The van der Waals surface area contributed by atoms with E-state index in [1.807, 2.05) is 0 Å². The zero-order valence-corrected chi connectivity index (χ0v) is 21.6. The van der Waals surface area contributed by atoms with Gasteiger partial charge >= 0.3 is 5.97 Å². The summed E-state index contributed by atoms with van der Waals surface area (Å²) in [7, 11) is -3.25. The van der Waals surface area contributed by atoms with Crippen LogP contribution >= 0.6 is 23.2 Å². The SMILES string of the molecule is COC(=O)c1ccc(N2C(=O)CC(N(Cc3ccc(F)cc3)S(=O)(=O)c3cc(Cl)ccc3Cl)C2=O)cc1. The molecule has 2 amide bonds. The Bertz CT molecular complexity index is 1480. The van der Waals surface area contributed by atoms with Crippen molar-refractivity contribution >= 4 is 56.7 Å². The molecule has 1 fully saturated rings. The van der Waals surface area contributed by atoms with Crippen LogP contribution in [0.2, 0.25) is 10.0 Å². The molecular weight excluding hydrogens is 546 g/mol. The van der Waals surface area contributed by atoms with Crippen LogP contribution in [0.25, 0.3) is 0 Å². The van der Waals surface area contributed by atoms with Crippen molar-refractivity contribution in [2.75, 3.05) is 12.0 Å². The second kappa shape index (κ2) is 10.6. The summed E-state index contributed by atoms with van der Waals surface area (Å²) in [5, 5.41) is -0.0219. The van der Waals surface area contributed by atoms with Gasteiger partial charge in [-0.2, -0.15) is 4.31 Å². The van der Waals surface area contributed by atoms with E-state index >= 15 is 0 Å². The van der Waals surface area contributed by atoms with Crippen molar-refractivity contribution in [3.63, 3.8) is 0 Å². The average molecular weight is 565 g/mol. The summed E-state index contributed by atoms with van der Waals surface area (Å²) in [6.45, 7) is -0.343.